The second kappa shape index (κ2) is 7.41. The van der Waals surface area contributed by atoms with Gasteiger partial charge in [0.2, 0.25) is 0 Å². The summed E-state index contributed by atoms with van der Waals surface area (Å²) in [4.78, 5) is 1.08. The molecule has 3 nitrogen and oxygen atoms in total. The Hall–Kier alpha value is -0.870. The third kappa shape index (κ3) is 4.33. The van der Waals surface area contributed by atoms with Crippen molar-refractivity contribution < 1.29 is 9.47 Å². The molecule has 0 aromatic heterocycles. The highest BCUT2D eigenvalue weighted by Crippen LogP contribution is 2.29. The highest BCUT2D eigenvalue weighted by Gasteiger charge is 2.02. The van der Waals surface area contributed by atoms with Crippen molar-refractivity contribution in [3.8, 4) is 5.75 Å². The van der Waals surface area contributed by atoms with Crippen molar-refractivity contribution in [1.29, 1.82) is 0 Å². The molecule has 4 heteroatoms. The number of hydrogen-bond donors (Lipinski definition) is 1. The molecule has 0 radical (unpaired) electrons. The van der Waals surface area contributed by atoms with Gasteiger partial charge in [0.1, 0.15) is 5.75 Å². The van der Waals surface area contributed by atoms with Crippen LogP contribution in [0.5, 0.6) is 5.75 Å². The molecule has 0 spiro atoms. The average molecular weight is 241 g/mol. The first-order valence-electron chi connectivity index (χ1n) is 5.42. The quantitative estimate of drug-likeness (QED) is 0.453. The molecule has 1 rings (SSSR count). The molecule has 0 aliphatic carbocycles. The fourth-order valence-electron chi connectivity index (χ4n) is 1.25. The summed E-state index contributed by atoms with van der Waals surface area (Å²) in [7, 11) is 1.66. The van der Waals surface area contributed by atoms with Gasteiger partial charge in [-0.05, 0) is 31.5 Å². The summed E-state index contributed by atoms with van der Waals surface area (Å²) >= 11 is 1.74. The number of hydrogen-bond acceptors (Lipinski definition) is 4. The summed E-state index contributed by atoms with van der Waals surface area (Å²) in [5, 5.41) is 0. The number of rotatable bonds is 7. The van der Waals surface area contributed by atoms with Gasteiger partial charge in [0.05, 0.1) is 7.11 Å². The number of nitrogen functional groups attached to an aromatic ring is 1. The molecule has 90 valence electrons. The second-order valence-electron chi connectivity index (χ2n) is 3.30. The zero-order valence-electron chi connectivity index (χ0n) is 9.86. The van der Waals surface area contributed by atoms with E-state index < -0.39 is 0 Å². The largest absolute Gasteiger partial charge is 0.497 e. The van der Waals surface area contributed by atoms with Gasteiger partial charge < -0.3 is 15.2 Å². The Morgan fingerprint density at radius 1 is 1.38 bits per heavy atom. The zero-order chi connectivity index (χ0) is 11.8. The zero-order valence-corrected chi connectivity index (χ0v) is 10.7. The lowest BCUT2D eigenvalue weighted by Crippen LogP contribution is -1.96. The van der Waals surface area contributed by atoms with E-state index in [9.17, 15) is 0 Å². The van der Waals surface area contributed by atoms with Crippen LogP contribution in [0, 0.1) is 0 Å². The van der Waals surface area contributed by atoms with Gasteiger partial charge >= 0.3 is 0 Å². The van der Waals surface area contributed by atoms with E-state index in [0.717, 1.165) is 41.7 Å². The van der Waals surface area contributed by atoms with Gasteiger partial charge in [-0.1, -0.05) is 0 Å². The van der Waals surface area contributed by atoms with Gasteiger partial charge in [-0.3, -0.25) is 0 Å². The molecule has 0 aliphatic rings. The predicted molar refractivity (Wildman–Crippen MR) is 69.2 cm³/mol. The Bertz CT molecular complexity index is 318. The first-order valence-corrected chi connectivity index (χ1v) is 6.40. The molecule has 2 N–H and O–H groups in total. The lowest BCUT2D eigenvalue weighted by atomic mass is 10.3. The van der Waals surface area contributed by atoms with Crippen molar-refractivity contribution in [2.24, 2.45) is 0 Å². The topological polar surface area (TPSA) is 44.5 Å². The van der Waals surface area contributed by atoms with Crippen LogP contribution in [0.4, 0.5) is 5.69 Å². The molecule has 0 saturated heterocycles. The summed E-state index contributed by atoms with van der Waals surface area (Å²) in [5.74, 6) is 1.86. The highest BCUT2D eigenvalue weighted by molar-refractivity contribution is 7.99. The predicted octanol–water partition coefficient (Wildman–Crippen LogP) is 2.80. The van der Waals surface area contributed by atoms with Crippen molar-refractivity contribution in [1.82, 2.24) is 0 Å². The van der Waals surface area contributed by atoms with E-state index in [1.165, 1.54) is 0 Å². The number of methoxy groups -OCH3 is 1. The standard InChI is InChI=1S/C12H19NO2S/c1-3-15-7-4-8-16-12-9-10(14-2)5-6-11(12)13/h5-6,9H,3-4,7-8,13H2,1-2H3. The van der Waals surface area contributed by atoms with E-state index >= 15 is 0 Å². The Labute approximate surface area is 101 Å². The van der Waals surface area contributed by atoms with Crippen LogP contribution in [0.1, 0.15) is 13.3 Å². The smallest absolute Gasteiger partial charge is 0.120 e. The molecule has 1 aromatic rings. The van der Waals surface area contributed by atoms with E-state index in [2.05, 4.69) is 0 Å². The maximum atomic E-state index is 5.88. The van der Waals surface area contributed by atoms with Crippen molar-refractivity contribution in [2.45, 2.75) is 18.2 Å². The minimum absolute atomic E-state index is 0.784. The van der Waals surface area contributed by atoms with E-state index in [1.54, 1.807) is 18.9 Å². The Kier molecular flexibility index (Phi) is 6.11. The third-order valence-corrected chi connectivity index (χ3v) is 3.27. The molecule has 1 aromatic carbocycles. The Morgan fingerprint density at radius 3 is 2.88 bits per heavy atom. The highest BCUT2D eigenvalue weighted by atomic mass is 32.2. The van der Waals surface area contributed by atoms with Crippen LogP contribution < -0.4 is 10.5 Å². The van der Waals surface area contributed by atoms with Gasteiger partial charge in [0.15, 0.2) is 0 Å². The normalized spacial score (nSPS) is 10.4. The van der Waals surface area contributed by atoms with Gasteiger partial charge in [0.25, 0.3) is 0 Å². The number of benzene rings is 1. The SMILES string of the molecule is CCOCCCSc1cc(OC)ccc1N. The molecule has 0 amide bonds. The molecule has 0 heterocycles. The van der Waals surface area contributed by atoms with Crippen LogP contribution >= 0.6 is 11.8 Å². The van der Waals surface area contributed by atoms with Crippen molar-refractivity contribution >= 4 is 17.4 Å². The molecule has 0 bridgehead atoms. The summed E-state index contributed by atoms with van der Waals surface area (Å²) in [6, 6.07) is 5.73. The molecular weight excluding hydrogens is 222 g/mol. The van der Waals surface area contributed by atoms with Crippen molar-refractivity contribution in [3.63, 3.8) is 0 Å². The number of thioether (sulfide) groups is 1. The lowest BCUT2D eigenvalue weighted by Gasteiger charge is -2.07. The molecule has 0 aliphatic heterocycles. The molecule has 0 atom stereocenters. The minimum atomic E-state index is 0.784. The first kappa shape index (κ1) is 13.2. The summed E-state index contributed by atoms with van der Waals surface area (Å²) in [6.45, 7) is 3.60. The fraction of sp³-hybridized carbons (Fsp3) is 0.500. The summed E-state index contributed by atoms with van der Waals surface area (Å²) < 4.78 is 10.4. The van der Waals surface area contributed by atoms with Gasteiger partial charge in [0, 0.05) is 29.5 Å². The van der Waals surface area contributed by atoms with Crippen molar-refractivity contribution in [3.05, 3.63) is 18.2 Å². The second-order valence-corrected chi connectivity index (χ2v) is 4.44. The lowest BCUT2D eigenvalue weighted by molar-refractivity contribution is 0.149. The minimum Gasteiger partial charge on any atom is -0.497 e. The van der Waals surface area contributed by atoms with Crippen LogP contribution in [-0.4, -0.2) is 26.1 Å². The molecule has 0 unspecified atom stereocenters. The van der Waals surface area contributed by atoms with Gasteiger partial charge in [-0.2, -0.15) is 0 Å². The summed E-state index contributed by atoms with van der Waals surface area (Å²) in [6.07, 6.45) is 1.04. The molecular formula is C12H19NO2S. The molecule has 0 saturated carbocycles. The Morgan fingerprint density at radius 2 is 2.19 bits per heavy atom. The fourth-order valence-corrected chi connectivity index (χ4v) is 2.17. The van der Waals surface area contributed by atoms with E-state index in [4.69, 9.17) is 15.2 Å². The van der Waals surface area contributed by atoms with Crippen LogP contribution in [-0.2, 0) is 4.74 Å². The maximum absolute atomic E-state index is 5.88. The average Bonchev–Trinajstić information content (AvgIpc) is 2.31. The van der Waals surface area contributed by atoms with E-state index in [-0.39, 0.29) is 0 Å². The maximum Gasteiger partial charge on any atom is 0.120 e. The molecule has 0 fully saturated rings. The Balaban J connectivity index is 2.40. The third-order valence-electron chi connectivity index (χ3n) is 2.12. The van der Waals surface area contributed by atoms with Crippen molar-refractivity contribution in [2.75, 3.05) is 31.8 Å². The molecule has 16 heavy (non-hydrogen) atoms. The number of nitrogens with two attached hydrogens (primary N) is 1. The van der Waals surface area contributed by atoms with Gasteiger partial charge in [-0.15, -0.1) is 11.8 Å². The van der Waals surface area contributed by atoms with E-state index in [0.29, 0.717) is 0 Å². The van der Waals surface area contributed by atoms with Crippen LogP contribution in [0.25, 0.3) is 0 Å². The van der Waals surface area contributed by atoms with Gasteiger partial charge in [-0.25, -0.2) is 0 Å². The van der Waals surface area contributed by atoms with Crippen LogP contribution in [0.2, 0.25) is 0 Å². The summed E-state index contributed by atoms with van der Waals surface area (Å²) in [5.41, 5.74) is 6.69. The van der Waals surface area contributed by atoms with Crippen LogP contribution in [0.3, 0.4) is 0 Å². The number of anilines is 1. The van der Waals surface area contributed by atoms with Crippen LogP contribution in [0.15, 0.2) is 23.1 Å². The number of ether oxygens (including phenoxy) is 2. The monoisotopic (exact) mass is 241 g/mol. The first-order chi connectivity index (χ1) is 7.77. The van der Waals surface area contributed by atoms with E-state index in [1.807, 2.05) is 25.1 Å².